The van der Waals surface area contributed by atoms with Gasteiger partial charge in [-0.2, -0.15) is 20.3 Å². The van der Waals surface area contributed by atoms with Gasteiger partial charge in [-0.1, -0.05) is 17.7 Å². The van der Waals surface area contributed by atoms with E-state index in [-0.39, 0.29) is 27.7 Å². The van der Waals surface area contributed by atoms with Gasteiger partial charge in [0, 0.05) is 27.5 Å². The van der Waals surface area contributed by atoms with Gasteiger partial charge in [0.25, 0.3) is 5.56 Å². The molecule has 2 N–H and O–H groups in total. The Hall–Kier alpha value is -4.18. The second kappa shape index (κ2) is 9.13. The number of halogens is 1. The monoisotopic (exact) mass is 474 g/mol. The molecule has 162 valence electrons. The molecular weight excluding hydrogens is 460 g/mol. The summed E-state index contributed by atoms with van der Waals surface area (Å²) in [5.41, 5.74) is 6.44. The van der Waals surface area contributed by atoms with Crippen molar-refractivity contribution in [3.8, 4) is 28.3 Å². The van der Waals surface area contributed by atoms with E-state index in [1.807, 2.05) is 31.2 Å². The number of hydrogen-bond donors (Lipinski definition) is 1. The topological polar surface area (TPSA) is 130 Å². The molecule has 33 heavy (non-hydrogen) atoms. The number of benzene rings is 1. The van der Waals surface area contributed by atoms with Crippen LogP contribution < -0.4 is 16.0 Å². The van der Waals surface area contributed by atoms with Crippen LogP contribution in [-0.4, -0.2) is 22.5 Å². The highest BCUT2D eigenvalue weighted by atomic mass is 35.5. The Labute approximate surface area is 197 Å². The van der Waals surface area contributed by atoms with Gasteiger partial charge in [-0.15, -0.1) is 11.3 Å². The predicted molar refractivity (Wildman–Crippen MR) is 129 cm³/mol. The first-order chi connectivity index (χ1) is 16.0. The number of nitrogen functional groups attached to an aromatic ring is 1. The molecule has 0 saturated carbocycles. The third-order valence-corrected chi connectivity index (χ3v) is 5.96. The first kappa shape index (κ1) is 22.0. The zero-order valence-electron chi connectivity index (χ0n) is 17.2. The lowest BCUT2D eigenvalue weighted by molar-refractivity contribution is 0.340. The summed E-state index contributed by atoms with van der Waals surface area (Å²) in [6, 6.07) is 14.5. The Morgan fingerprint density at radius 2 is 2.06 bits per heavy atom. The lowest BCUT2D eigenvalue weighted by Crippen LogP contribution is -2.25. The van der Waals surface area contributed by atoms with Crippen LogP contribution in [0.1, 0.15) is 23.6 Å². The van der Waals surface area contributed by atoms with E-state index in [0.29, 0.717) is 28.3 Å². The number of anilines is 1. The van der Waals surface area contributed by atoms with Gasteiger partial charge in [0.1, 0.15) is 40.0 Å². The molecule has 0 fully saturated rings. The molecule has 0 saturated heterocycles. The third-order valence-electron chi connectivity index (χ3n) is 4.77. The SMILES string of the molecule is CCOc1ccc2cc(C=Nn3c(N)c(C#N)c(-c4cccs4)c(C#N)c3=O)c(Cl)nc2c1. The Bertz CT molecular complexity index is 1540. The number of hydrogen-bond acceptors (Lipinski definition) is 8. The number of ether oxygens (including phenoxy) is 1. The molecule has 3 heterocycles. The van der Waals surface area contributed by atoms with Crippen molar-refractivity contribution < 1.29 is 4.74 Å². The molecule has 0 aliphatic carbocycles. The molecule has 3 aromatic heterocycles. The van der Waals surface area contributed by atoms with Gasteiger partial charge in [0.2, 0.25) is 0 Å². The van der Waals surface area contributed by atoms with Crippen molar-refractivity contribution in [2.24, 2.45) is 5.10 Å². The minimum Gasteiger partial charge on any atom is -0.494 e. The second-order valence-electron chi connectivity index (χ2n) is 6.73. The van der Waals surface area contributed by atoms with Gasteiger partial charge in [-0.3, -0.25) is 4.79 Å². The molecule has 0 aliphatic rings. The molecule has 0 amide bonds. The van der Waals surface area contributed by atoms with Crippen LogP contribution >= 0.6 is 22.9 Å². The first-order valence-corrected chi connectivity index (χ1v) is 10.9. The van der Waals surface area contributed by atoms with Gasteiger partial charge >= 0.3 is 0 Å². The summed E-state index contributed by atoms with van der Waals surface area (Å²) in [6.45, 7) is 2.42. The highest BCUT2D eigenvalue weighted by molar-refractivity contribution is 7.13. The maximum atomic E-state index is 13.0. The average Bonchev–Trinajstić information content (AvgIpc) is 3.33. The summed E-state index contributed by atoms with van der Waals surface area (Å²) in [7, 11) is 0. The molecule has 4 aromatic rings. The summed E-state index contributed by atoms with van der Waals surface area (Å²) >= 11 is 7.62. The average molecular weight is 475 g/mol. The van der Waals surface area contributed by atoms with E-state index in [1.54, 1.807) is 29.6 Å². The van der Waals surface area contributed by atoms with Crippen molar-refractivity contribution in [2.45, 2.75) is 6.92 Å². The van der Waals surface area contributed by atoms with Crippen molar-refractivity contribution in [2.75, 3.05) is 12.3 Å². The van der Waals surface area contributed by atoms with E-state index in [2.05, 4.69) is 10.1 Å². The van der Waals surface area contributed by atoms with Crippen LogP contribution in [0.3, 0.4) is 0 Å². The molecular formula is C23H15ClN6O2S. The van der Waals surface area contributed by atoms with Gasteiger partial charge < -0.3 is 10.5 Å². The lowest BCUT2D eigenvalue weighted by atomic mass is 10.0. The maximum Gasteiger partial charge on any atom is 0.291 e. The largest absolute Gasteiger partial charge is 0.494 e. The fraction of sp³-hybridized carbons (Fsp3) is 0.0870. The minimum atomic E-state index is -0.736. The Morgan fingerprint density at radius 1 is 1.27 bits per heavy atom. The number of nitriles is 2. The zero-order chi connectivity index (χ0) is 23.5. The van der Waals surface area contributed by atoms with Gasteiger partial charge in [0.15, 0.2) is 0 Å². The molecule has 0 radical (unpaired) electrons. The maximum absolute atomic E-state index is 13.0. The smallest absolute Gasteiger partial charge is 0.291 e. The van der Waals surface area contributed by atoms with Crippen molar-refractivity contribution >= 4 is 45.9 Å². The summed E-state index contributed by atoms with van der Waals surface area (Å²) in [4.78, 5) is 18.0. The number of rotatable bonds is 5. The third kappa shape index (κ3) is 4.03. The number of fused-ring (bicyclic) bond motifs is 1. The van der Waals surface area contributed by atoms with Gasteiger partial charge in [-0.05, 0) is 36.6 Å². The summed E-state index contributed by atoms with van der Waals surface area (Å²) in [6.07, 6.45) is 1.32. The fourth-order valence-corrected chi connectivity index (χ4v) is 4.26. The van der Waals surface area contributed by atoms with Crippen molar-refractivity contribution in [3.05, 3.63) is 74.0 Å². The number of aromatic nitrogens is 2. The number of pyridine rings is 2. The minimum absolute atomic E-state index is 0.00284. The normalized spacial score (nSPS) is 10.9. The van der Waals surface area contributed by atoms with Crippen LogP contribution in [-0.2, 0) is 0 Å². The van der Waals surface area contributed by atoms with E-state index in [1.165, 1.54) is 17.6 Å². The highest BCUT2D eigenvalue weighted by Gasteiger charge is 2.22. The van der Waals surface area contributed by atoms with Crippen LogP contribution in [0, 0.1) is 22.7 Å². The second-order valence-corrected chi connectivity index (χ2v) is 8.03. The molecule has 0 unspecified atom stereocenters. The Balaban J connectivity index is 1.84. The molecule has 4 rings (SSSR count). The number of thiophene rings is 1. The van der Waals surface area contributed by atoms with E-state index in [0.717, 1.165) is 10.1 Å². The summed E-state index contributed by atoms with van der Waals surface area (Å²) in [5, 5.41) is 26.2. The molecule has 8 nitrogen and oxygen atoms in total. The van der Waals surface area contributed by atoms with Crippen LogP contribution in [0.5, 0.6) is 5.75 Å². The van der Waals surface area contributed by atoms with Crippen LogP contribution in [0.25, 0.3) is 21.3 Å². The van der Waals surface area contributed by atoms with E-state index >= 15 is 0 Å². The van der Waals surface area contributed by atoms with Crippen LogP contribution in [0.15, 0.2) is 51.7 Å². The molecule has 0 aliphatic heterocycles. The van der Waals surface area contributed by atoms with Crippen molar-refractivity contribution in [1.29, 1.82) is 10.5 Å². The Kier molecular flexibility index (Phi) is 6.09. The standard InChI is InChI=1S/C23H15ClN6O2S/c1-2-32-15-6-5-13-8-14(21(24)29-18(13)9-15)12-28-30-22(27)16(10-25)20(17(11-26)23(30)31)19-4-3-7-33-19/h3-9,12H,2,27H2,1H3. The van der Waals surface area contributed by atoms with Crippen LogP contribution in [0.2, 0.25) is 5.15 Å². The van der Waals surface area contributed by atoms with E-state index in [4.69, 9.17) is 22.1 Å². The lowest BCUT2D eigenvalue weighted by Gasteiger charge is -2.11. The quantitative estimate of drug-likeness (QED) is 0.337. The zero-order valence-corrected chi connectivity index (χ0v) is 18.8. The number of nitrogens with two attached hydrogens (primary N) is 1. The molecule has 0 atom stereocenters. The van der Waals surface area contributed by atoms with Crippen LogP contribution in [0.4, 0.5) is 5.82 Å². The Morgan fingerprint density at radius 3 is 2.73 bits per heavy atom. The van der Waals surface area contributed by atoms with Gasteiger partial charge in [0.05, 0.1) is 18.3 Å². The molecule has 0 bridgehead atoms. The summed E-state index contributed by atoms with van der Waals surface area (Å²) < 4.78 is 6.31. The predicted octanol–water partition coefficient (Wildman–Crippen LogP) is 4.38. The van der Waals surface area contributed by atoms with Crippen molar-refractivity contribution in [1.82, 2.24) is 9.66 Å². The van der Waals surface area contributed by atoms with E-state index < -0.39 is 5.56 Å². The summed E-state index contributed by atoms with van der Waals surface area (Å²) in [5.74, 6) is 0.501. The first-order valence-electron chi connectivity index (χ1n) is 9.68. The molecule has 10 heteroatoms. The van der Waals surface area contributed by atoms with Crippen molar-refractivity contribution in [3.63, 3.8) is 0 Å². The van der Waals surface area contributed by atoms with Gasteiger partial charge in [-0.25, -0.2) is 4.98 Å². The van der Waals surface area contributed by atoms with E-state index in [9.17, 15) is 15.3 Å². The molecule has 1 aromatic carbocycles. The highest BCUT2D eigenvalue weighted by Crippen LogP contribution is 2.32. The fourth-order valence-electron chi connectivity index (χ4n) is 3.29. The number of nitrogens with zero attached hydrogens (tertiary/aromatic N) is 5. The molecule has 0 spiro atoms.